The Morgan fingerprint density at radius 1 is 1.29 bits per heavy atom. The van der Waals surface area contributed by atoms with Gasteiger partial charge in [0.05, 0.1) is 12.2 Å². The number of ether oxygens (including phenoxy) is 2. The lowest BCUT2D eigenvalue weighted by atomic mass is 10.1. The number of phenols is 1. The SMILES string of the molecule is CCOc1cc(/C=C2/N=C(c3ccccc3Br)OC2=O)ccc1O. The van der Waals surface area contributed by atoms with Crippen LogP contribution >= 0.6 is 15.9 Å². The molecule has 0 spiro atoms. The molecule has 1 aliphatic rings. The van der Waals surface area contributed by atoms with Gasteiger partial charge in [-0.15, -0.1) is 0 Å². The largest absolute Gasteiger partial charge is 0.504 e. The summed E-state index contributed by atoms with van der Waals surface area (Å²) in [4.78, 5) is 16.3. The third-order valence-corrected chi connectivity index (χ3v) is 4.00. The quantitative estimate of drug-likeness (QED) is 0.637. The molecule has 0 radical (unpaired) electrons. The summed E-state index contributed by atoms with van der Waals surface area (Å²) in [6.07, 6.45) is 1.59. The molecule has 5 nitrogen and oxygen atoms in total. The van der Waals surface area contributed by atoms with Crippen LogP contribution < -0.4 is 4.74 Å². The molecular formula is C18H14BrNO4. The molecular weight excluding hydrogens is 374 g/mol. The Morgan fingerprint density at radius 2 is 2.08 bits per heavy atom. The molecule has 1 aliphatic heterocycles. The average Bonchev–Trinajstić information content (AvgIpc) is 2.92. The number of aromatic hydroxyl groups is 1. The predicted molar refractivity (Wildman–Crippen MR) is 94.0 cm³/mol. The van der Waals surface area contributed by atoms with Crippen molar-refractivity contribution in [3.05, 3.63) is 63.8 Å². The van der Waals surface area contributed by atoms with Crippen LogP contribution in [0.25, 0.3) is 6.08 Å². The molecule has 1 heterocycles. The third-order valence-electron chi connectivity index (χ3n) is 3.31. The summed E-state index contributed by atoms with van der Waals surface area (Å²) in [5, 5.41) is 9.73. The standard InChI is InChI=1S/C18H14BrNO4/c1-2-23-16-10-11(7-8-15(16)21)9-14-18(22)24-17(20-14)12-5-3-4-6-13(12)19/h3-10,21H,2H2,1H3/b14-9+. The number of hydrogen-bond donors (Lipinski definition) is 1. The first-order valence-corrected chi connectivity index (χ1v) is 8.11. The second kappa shape index (κ2) is 6.88. The van der Waals surface area contributed by atoms with E-state index in [1.807, 2.05) is 31.2 Å². The van der Waals surface area contributed by atoms with E-state index in [-0.39, 0.29) is 17.3 Å². The molecule has 122 valence electrons. The number of rotatable bonds is 4. The number of benzene rings is 2. The Kier molecular flexibility index (Phi) is 4.66. The minimum absolute atomic E-state index is 0.0467. The first-order chi connectivity index (χ1) is 11.6. The number of nitrogens with zero attached hydrogens (tertiary/aromatic N) is 1. The summed E-state index contributed by atoms with van der Waals surface area (Å²) >= 11 is 3.41. The van der Waals surface area contributed by atoms with E-state index in [4.69, 9.17) is 9.47 Å². The molecule has 1 N–H and O–H groups in total. The van der Waals surface area contributed by atoms with Crippen LogP contribution in [0.1, 0.15) is 18.1 Å². The van der Waals surface area contributed by atoms with Crippen LogP contribution in [0.15, 0.2) is 57.6 Å². The lowest BCUT2D eigenvalue weighted by Crippen LogP contribution is -2.05. The van der Waals surface area contributed by atoms with E-state index in [9.17, 15) is 9.90 Å². The van der Waals surface area contributed by atoms with E-state index >= 15 is 0 Å². The highest BCUT2D eigenvalue weighted by Crippen LogP contribution is 2.29. The number of aliphatic imine (C=N–C) groups is 1. The van der Waals surface area contributed by atoms with Gasteiger partial charge >= 0.3 is 5.97 Å². The van der Waals surface area contributed by atoms with E-state index in [1.54, 1.807) is 18.2 Å². The Hall–Kier alpha value is -2.60. The van der Waals surface area contributed by atoms with Crippen LogP contribution in [-0.4, -0.2) is 23.6 Å². The molecule has 0 amide bonds. The van der Waals surface area contributed by atoms with Crippen LogP contribution in [0.5, 0.6) is 11.5 Å². The molecule has 0 aromatic heterocycles. The van der Waals surface area contributed by atoms with E-state index in [0.717, 1.165) is 4.47 Å². The molecule has 0 atom stereocenters. The Bertz CT molecular complexity index is 858. The van der Waals surface area contributed by atoms with Gasteiger partial charge in [-0.1, -0.05) is 18.2 Å². The van der Waals surface area contributed by atoms with Gasteiger partial charge in [0, 0.05) is 4.47 Å². The van der Waals surface area contributed by atoms with Gasteiger partial charge in [-0.05, 0) is 58.8 Å². The lowest BCUT2D eigenvalue weighted by Gasteiger charge is -2.06. The Morgan fingerprint density at radius 3 is 2.83 bits per heavy atom. The summed E-state index contributed by atoms with van der Waals surface area (Å²) in [5.74, 6) is 0.132. The highest BCUT2D eigenvalue weighted by atomic mass is 79.9. The summed E-state index contributed by atoms with van der Waals surface area (Å²) in [7, 11) is 0. The molecule has 3 rings (SSSR count). The topological polar surface area (TPSA) is 68.1 Å². The van der Waals surface area contributed by atoms with Crippen LogP contribution in [-0.2, 0) is 9.53 Å². The van der Waals surface area contributed by atoms with Crippen LogP contribution in [0.4, 0.5) is 0 Å². The fourth-order valence-corrected chi connectivity index (χ4v) is 2.66. The number of cyclic esters (lactones) is 1. The van der Waals surface area contributed by atoms with Crippen LogP contribution in [0.3, 0.4) is 0 Å². The Labute approximate surface area is 147 Å². The third kappa shape index (κ3) is 3.33. The van der Waals surface area contributed by atoms with Crippen molar-refractivity contribution in [2.24, 2.45) is 4.99 Å². The van der Waals surface area contributed by atoms with E-state index < -0.39 is 5.97 Å². The monoisotopic (exact) mass is 387 g/mol. The zero-order valence-electron chi connectivity index (χ0n) is 12.8. The van der Waals surface area contributed by atoms with Crippen LogP contribution in [0.2, 0.25) is 0 Å². The molecule has 0 unspecified atom stereocenters. The smallest absolute Gasteiger partial charge is 0.363 e. The van der Waals surface area contributed by atoms with Gasteiger partial charge in [-0.25, -0.2) is 9.79 Å². The normalized spacial score (nSPS) is 15.3. The number of phenolic OH excluding ortho intramolecular Hbond substituents is 1. The van der Waals surface area contributed by atoms with Gasteiger partial charge in [-0.3, -0.25) is 0 Å². The summed E-state index contributed by atoms with van der Waals surface area (Å²) in [5.41, 5.74) is 1.57. The minimum atomic E-state index is -0.521. The first-order valence-electron chi connectivity index (χ1n) is 7.31. The molecule has 0 saturated heterocycles. The maximum Gasteiger partial charge on any atom is 0.363 e. The number of halogens is 1. The molecule has 0 saturated carbocycles. The van der Waals surface area contributed by atoms with E-state index in [1.165, 1.54) is 6.07 Å². The molecule has 0 bridgehead atoms. The van der Waals surface area contributed by atoms with Crippen molar-refractivity contribution in [1.29, 1.82) is 0 Å². The second-order valence-electron chi connectivity index (χ2n) is 4.98. The number of hydrogen-bond acceptors (Lipinski definition) is 5. The molecule has 6 heteroatoms. The van der Waals surface area contributed by atoms with Crippen molar-refractivity contribution >= 4 is 33.9 Å². The highest BCUT2D eigenvalue weighted by molar-refractivity contribution is 9.10. The fraction of sp³-hybridized carbons (Fsp3) is 0.111. The van der Waals surface area contributed by atoms with E-state index in [0.29, 0.717) is 23.5 Å². The first kappa shape index (κ1) is 16.3. The summed E-state index contributed by atoms with van der Waals surface area (Å²) in [6.45, 7) is 2.26. The maximum absolute atomic E-state index is 12.1. The molecule has 2 aromatic rings. The lowest BCUT2D eigenvalue weighted by molar-refractivity contribution is -0.129. The van der Waals surface area contributed by atoms with Crippen molar-refractivity contribution in [2.45, 2.75) is 6.92 Å². The van der Waals surface area contributed by atoms with Gasteiger partial charge < -0.3 is 14.6 Å². The number of carbonyl (C=O) groups excluding carboxylic acids is 1. The molecule has 0 aliphatic carbocycles. The molecule has 24 heavy (non-hydrogen) atoms. The molecule has 2 aromatic carbocycles. The van der Waals surface area contributed by atoms with Gasteiger partial charge in [0.25, 0.3) is 0 Å². The highest BCUT2D eigenvalue weighted by Gasteiger charge is 2.25. The fourth-order valence-electron chi connectivity index (χ4n) is 2.21. The van der Waals surface area contributed by atoms with Crippen molar-refractivity contribution in [3.63, 3.8) is 0 Å². The summed E-state index contributed by atoms with van der Waals surface area (Å²) in [6, 6.07) is 12.2. The Balaban J connectivity index is 1.94. The van der Waals surface area contributed by atoms with Crippen molar-refractivity contribution in [2.75, 3.05) is 6.61 Å². The van der Waals surface area contributed by atoms with Crippen LogP contribution in [0, 0.1) is 0 Å². The maximum atomic E-state index is 12.1. The number of carbonyl (C=O) groups is 1. The average molecular weight is 388 g/mol. The zero-order valence-corrected chi connectivity index (χ0v) is 14.4. The van der Waals surface area contributed by atoms with Gasteiger partial charge in [0.2, 0.25) is 5.90 Å². The summed E-state index contributed by atoms with van der Waals surface area (Å²) < 4.78 is 11.4. The van der Waals surface area contributed by atoms with Crippen molar-refractivity contribution in [1.82, 2.24) is 0 Å². The van der Waals surface area contributed by atoms with Crippen molar-refractivity contribution < 1.29 is 19.4 Å². The number of esters is 1. The van der Waals surface area contributed by atoms with E-state index in [2.05, 4.69) is 20.9 Å². The van der Waals surface area contributed by atoms with Gasteiger partial charge in [0.1, 0.15) is 0 Å². The van der Waals surface area contributed by atoms with Gasteiger partial charge in [0.15, 0.2) is 17.2 Å². The zero-order chi connectivity index (χ0) is 17.1. The van der Waals surface area contributed by atoms with Crippen molar-refractivity contribution in [3.8, 4) is 11.5 Å². The second-order valence-corrected chi connectivity index (χ2v) is 5.83. The molecule has 0 fully saturated rings. The minimum Gasteiger partial charge on any atom is -0.504 e. The predicted octanol–water partition coefficient (Wildman–Crippen LogP) is 3.90. The van der Waals surface area contributed by atoms with Gasteiger partial charge in [-0.2, -0.15) is 0 Å².